The summed E-state index contributed by atoms with van der Waals surface area (Å²) in [4.78, 5) is 16.3. The Balaban J connectivity index is 1.99. The highest BCUT2D eigenvalue weighted by Crippen LogP contribution is 2.32. The quantitative estimate of drug-likeness (QED) is 0.593. The summed E-state index contributed by atoms with van der Waals surface area (Å²) in [5.74, 6) is -1.47. The molecule has 0 bridgehead atoms. The molecule has 0 spiro atoms. The van der Waals surface area contributed by atoms with Crippen LogP contribution in [0.5, 0.6) is 0 Å². The van der Waals surface area contributed by atoms with E-state index >= 15 is 0 Å². The average Bonchev–Trinajstić information content (AvgIpc) is 3.00. The van der Waals surface area contributed by atoms with Gasteiger partial charge in [-0.2, -0.15) is 18.3 Å². The average molecular weight is 379 g/mol. The van der Waals surface area contributed by atoms with Crippen LogP contribution in [0.2, 0.25) is 0 Å². The molecule has 1 aliphatic heterocycles. The maximum atomic E-state index is 13.5. The summed E-state index contributed by atoms with van der Waals surface area (Å²) in [7, 11) is 0. The number of alkyl halides is 3. The Morgan fingerprint density at radius 1 is 1.26 bits per heavy atom. The standard InChI is InChI=1S/C19H17F4N3O/c1-12-4-2-5-16(24-12)17(25-26-9-3-6-18(26)27)11-13-7-8-15(20)14(10-13)19(21,22)23/h2,4-5,7-8,10H,3,6,9,11H2,1H3. The number of rotatable bonds is 4. The second-order valence-electron chi connectivity index (χ2n) is 6.32. The maximum Gasteiger partial charge on any atom is 0.419 e. The van der Waals surface area contributed by atoms with Gasteiger partial charge in [0, 0.05) is 25.1 Å². The van der Waals surface area contributed by atoms with Crippen molar-refractivity contribution in [3.8, 4) is 0 Å². The number of carbonyl (C=O) groups is 1. The summed E-state index contributed by atoms with van der Waals surface area (Å²) in [5, 5.41) is 5.65. The minimum Gasteiger partial charge on any atom is -0.273 e. The Kier molecular flexibility index (Phi) is 5.25. The van der Waals surface area contributed by atoms with Crippen molar-refractivity contribution in [3.05, 3.63) is 64.7 Å². The maximum absolute atomic E-state index is 13.5. The molecule has 2 aromatic rings. The first-order valence-electron chi connectivity index (χ1n) is 8.41. The first kappa shape index (κ1) is 19.0. The van der Waals surface area contributed by atoms with Crippen LogP contribution in [0.4, 0.5) is 17.6 Å². The van der Waals surface area contributed by atoms with Crippen molar-refractivity contribution in [2.75, 3.05) is 6.54 Å². The van der Waals surface area contributed by atoms with E-state index in [2.05, 4.69) is 10.1 Å². The molecule has 0 N–H and O–H groups in total. The Morgan fingerprint density at radius 2 is 2.04 bits per heavy atom. The van der Waals surface area contributed by atoms with Gasteiger partial charge in [-0.25, -0.2) is 9.40 Å². The molecule has 4 nitrogen and oxygen atoms in total. The van der Waals surface area contributed by atoms with Crippen molar-refractivity contribution >= 4 is 11.6 Å². The van der Waals surface area contributed by atoms with Gasteiger partial charge in [-0.15, -0.1) is 0 Å². The van der Waals surface area contributed by atoms with E-state index in [1.165, 1.54) is 11.1 Å². The molecule has 1 aliphatic rings. The molecule has 27 heavy (non-hydrogen) atoms. The molecule has 0 aliphatic carbocycles. The minimum atomic E-state index is -4.79. The summed E-state index contributed by atoms with van der Waals surface area (Å²) in [6, 6.07) is 8.06. The molecule has 8 heteroatoms. The summed E-state index contributed by atoms with van der Waals surface area (Å²) in [6.45, 7) is 2.23. The molecule has 3 rings (SSSR count). The highest BCUT2D eigenvalue weighted by molar-refractivity contribution is 6.01. The fraction of sp³-hybridized carbons (Fsp3) is 0.316. The molecule has 0 radical (unpaired) electrons. The van der Waals surface area contributed by atoms with Crippen molar-refractivity contribution in [1.82, 2.24) is 9.99 Å². The number of hydrogen-bond donors (Lipinski definition) is 0. The van der Waals surface area contributed by atoms with Crippen LogP contribution in [0.3, 0.4) is 0 Å². The van der Waals surface area contributed by atoms with Crippen LogP contribution in [-0.4, -0.2) is 28.2 Å². The van der Waals surface area contributed by atoms with Crippen molar-refractivity contribution in [1.29, 1.82) is 0 Å². The monoisotopic (exact) mass is 379 g/mol. The fourth-order valence-electron chi connectivity index (χ4n) is 2.86. The highest BCUT2D eigenvalue weighted by atomic mass is 19.4. The lowest BCUT2D eigenvalue weighted by Crippen LogP contribution is -2.22. The van der Waals surface area contributed by atoms with E-state index in [-0.39, 0.29) is 17.9 Å². The van der Waals surface area contributed by atoms with Gasteiger partial charge in [0.1, 0.15) is 5.82 Å². The van der Waals surface area contributed by atoms with Crippen molar-refractivity contribution in [2.45, 2.75) is 32.4 Å². The lowest BCUT2D eigenvalue weighted by atomic mass is 10.0. The predicted molar refractivity (Wildman–Crippen MR) is 91.6 cm³/mol. The van der Waals surface area contributed by atoms with E-state index in [4.69, 9.17) is 0 Å². The normalized spacial score (nSPS) is 15.5. The molecule has 0 unspecified atom stereocenters. The van der Waals surface area contributed by atoms with Gasteiger partial charge in [-0.1, -0.05) is 12.1 Å². The lowest BCUT2D eigenvalue weighted by Gasteiger charge is -2.14. The number of hydrazone groups is 1. The Morgan fingerprint density at radius 3 is 2.67 bits per heavy atom. The Bertz CT molecular complexity index is 893. The van der Waals surface area contributed by atoms with Crippen molar-refractivity contribution in [2.24, 2.45) is 5.10 Å². The van der Waals surface area contributed by atoms with Gasteiger partial charge in [-0.3, -0.25) is 9.78 Å². The van der Waals surface area contributed by atoms with Crippen LogP contribution >= 0.6 is 0 Å². The zero-order valence-electron chi connectivity index (χ0n) is 14.6. The van der Waals surface area contributed by atoms with Gasteiger partial charge in [-0.05, 0) is 43.2 Å². The Hall–Kier alpha value is -2.77. The molecular weight excluding hydrogens is 362 g/mol. The predicted octanol–water partition coefficient (Wildman–Crippen LogP) is 4.12. The summed E-state index contributed by atoms with van der Waals surface area (Å²) in [5.41, 5.74) is 0.440. The van der Waals surface area contributed by atoms with Gasteiger partial charge in [0.25, 0.3) is 0 Å². The van der Waals surface area contributed by atoms with E-state index < -0.39 is 17.6 Å². The SMILES string of the molecule is Cc1cccc(C(Cc2ccc(F)c(C(F)(F)F)c2)=NN2CCCC2=O)n1. The van der Waals surface area contributed by atoms with E-state index in [0.717, 1.165) is 12.1 Å². The third-order valence-electron chi connectivity index (χ3n) is 4.18. The van der Waals surface area contributed by atoms with E-state index in [1.54, 1.807) is 25.1 Å². The molecule has 0 saturated carbocycles. The minimum absolute atomic E-state index is 0.0103. The number of benzene rings is 1. The second-order valence-corrected chi connectivity index (χ2v) is 6.32. The topological polar surface area (TPSA) is 45.6 Å². The van der Waals surface area contributed by atoms with Crippen molar-refractivity contribution in [3.63, 3.8) is 0 Å². The van der Waals surface area contributed by atoms with Gasteiger partial charge in [0.15, 0.2) is 0 Å². The molecule has 1 fully saturated rings. The van der Waals surface area contributed by atoms with Gasteiger partial charge < -0.3 is 0 Å². The number of carbonyl (C=O) groups excluding carboxylic acids is 1. The number of hydrogen-bond acceptors (Lipinski definition) is 3. The molecule has 0 atom stereocenters. The van der Waals surface area contributed by atoms with Crippen LogP contribution in [0.25, 0.3) is 0 Å². The molecule has 1 amide bonds. The number of aromatic nitrogens is 1. The second kappa shape index (κ2) is 7.46. The summed E-state index contributed by atoms with van der Waals surface area (Å²) >= 11 is 0. The number of pyridine rings is 1. The number of halogens is 4. The third-order valence-corrected chi connectivity index (χ3v) is 4.18. The molecule has 1 saturated heterocycles. The molecular formula is C19H17F4N3O. The van der Waals surface area contributed by atoms with Crippen LogP contribution in [0.15, 0.2) is 41.5 Å². The van der Waals surface area contributed by atoms with Crippen LogP contribution in [-0.2, 0) is 17.4 Å². The summed E-state index contributed by atoms with van der Waals surface area (Å²) in [6.07, 6.45) is -3.74. The number of nitrogens with zero attached hydrogens (tertiary/aromatic N) is 3. The van der Waals surface area contributed by atoms with Gasteiger partial charge in [0.05, 0.1) is 17.0 Å². The molecule has 2 heterocycles. The van der Waals surface area contributed by atoms with Crippen molar-refractivity contribution < 1.29 is 22.4 Å². The Labute approximate surface area is 153 Å². The van der Waals surface area contributed by atoms with E-state index in [9.17, 15) is 22.4 Å². The fourth-order valence-corrected chi connectivity index (χ4v) is 2.86. The first-order valence-corrected chi connectivity index (χ1v) is 8.41. The zero-order chi connectivity index (χ0) is 19.6. The van der Waals surface area contributed by atoms with E-state index in [1.807, 2.05) is 0 Å². The molecule has 1 aromatic heterocycles. The zero-order valence-corrected chi connectivity index (χ0v) is 14.6. The lowest BCUT2D eigenvalue weighted by molar-refractivity contribution is -0.140. The van der Waals surface area contributed by atoms with Crippen LogP contribution < -0.4 is 0 Å². The third kappa shape index (κ3) is 4.50. The van der Waals surface area contributed by atoms with Gasteiger partial charge >= 0.3 is 6.18 Å². The highest BCUT2D eigenvalue weighted by Gasteiger charge is 2.34. The summed E-state index contributed by atoms with van der Waals surface area (Å²) < 4.78 is 52.5. The molecule has 1 aromatic carbocycles. The van der Waals surface area contributed by atoms with E-state index in [0.29, 0.717) is 36.5 Å². The molecule has 142 valence electrons. The first-order chi connectivity index (χ1) is 12.7. The van der Waals surface area contributed by atoms with Crippen LogP contribution in [0, 0.1) is 12.7 Å². The number of aryl methyl sites for hydroxylation is 1. The largest absolute Gasteiger partial charge is 0.419 e. The van der Waals surface area contributed by atoms with Gasteiger partial charge in [0.2, 0.25) is 5.91 Å². The smallest absolute Gasteiger partial charge is 0.273 e. The number of amides is 1. The van der Waals surface area contributed by atoms with Crippen LogP contribution in [0.1, 0.15) is 35.4 Å².